The van der Waals surface area contributed by atoms with E-state index in [9.17, 15) is 9.59 Å². The average molecular weight is 515 g/mol. The number of nitrogens with one attached hydrogen (secondary N) is 1. The molecule has 1 aliphatic rings. The summed E-state index contributed by atoms with van der Waals surface area (Å²) in [5.74, 6) is 0.651. The van der Waals surface area contributed by atoms with Crippen molar-refractivity contribution in [2.24, 2.45) is 23.2 Å². The van der Waals surface area contributed by atoms with Crippen LogP contribution in [0.2, 0.25) is 0 Å². The fourth-order valence-corrected chi connectivity index (χ4v) is 5.25. The summed E-state index contributed by atoms with van der Waals surface area (Å²) in [6, 6.07) is 15.2. The van der Waals surface area contributed by atoms with Crippen LogP contribution in [0, 0.1) is 23.2 Å². The second-order valence-corrected chi connectivity index (χ2v) is 11.2. The van der Waals surface area contributed by atoms with Crippen molar-refractivity contribution in [3.8, 4) is 0 Å². The Morgan fingerprint density at radius 3 is 2.27 bits per heavy atom. The molecule has 1 saturated carbocycles. The van der Waals surface area contributed by atoms with Gasteiger partial charge in [0, 0.05) is 16.1 Å². The molecule has 1 aliphatic carbocycles. The first-order valence-electron chi connectivity index (χ1n) is 11.9. The second-order valence-electron chi connectivity index (χ2n) is 10.3. The third-order valence-electron chi connectivity index (χ3n) is 7.09. The smallest absolute Gasteiger partial charge is 0.337 e. The molecule has 0 spiro atoms. The van der Waals surface area contributed by atoms with E-state index in [-0.39, 0.29) is 17.8 Å². The summed E-state index contributed by atoms with van der Waals surface area (Å²) in [4.78, 5) is 25.3. The first-order chi connectivity index (χ1) is 15.7. The van der Waals surface area contributed by atoms with E-state index >= 15 is 0 Å². The molecule has 3 unspecified atom stereocenters. The number of carbonyl (C=O) groups excluding carboxylic acids is 2. The minimum Gasteiger partial charge on any atom is -0.465 e. The predicted molar refractivity (Wildman–Crippen MR) is 137 cm³/mol. The molecule has 0 aliphatic heterocycles. The van der Waals surface area contributed by atoms with Crippen LogP contribution in [-0.2, 0) is 16.0 Å². The topological polar surface area (TPSA) is 55.4 Å². The Morgan fingerprint density at radius 2 is 1.67 bits per heavy atom. The highest BCUT2D eigenvalue weighted by molar-refractivity contribution is 9.10. The van der Waals surface area contributed by atoms with E-state index in [2.05, 4.69) is 42.0 Å². The minimum absolute atomic E-state index is 0.0774. The number of esters is 1. The number of methoxy groups -OCH3 is 1. The first kappa shape index (κ1) is 25.5. The fourth-order valence-electron chi connectivity index (χ4n) is 4.99. The molecular weight excluding hydrogens is 478 g/mol. The molecule has 4 nitrogen and oxygen atoms in total. The predicted octanol–water partition coefficient (Wildman–Crippen LogP) is 7.28. The summed E-state index contributed by atoms with van der Waals surface area (Å²) in [6.07, 6.45) is 6.36. The van der Waals surface area contributed by atoms with Gasteiger partial charge in [0.15, 0.2) is 0 Å². The number of rotatable bonds is 6. The summed E-state index contributed by atoms with van der Waals surface area (Å²) in [5, 5.41) is 3.15. The highest BCUT2D eigenvalue weighted by Crippen LogP contribution is 2.41. The Bertz CT molecular complexity index is 931. The molecule has 0 saturated heterocycles. The van der Waals surface area contributed by atoms with Crippen LogP contribution in [0.1, 0.15) is 68.8 Å². The Labute approximate surface area is 206 Å². The Balaban J connectivity index is 1.80. The first-order valence-corrected chi connectivity index (χ1v) is 12.7. The van der Waals surface area contributed by atoms with Crippen LogP contribution in [0.25, 0.3) is 0 Å². The van der Waals surface area contributed by atoms with E-state index in [1.165, 1.54) is 13.5 Å². The molecule has 3 rings (SSSR count). The van der Waals surface area contributed by atoms with E-state index in [1.807, 2.05) is 36.4 Å². The molecule has 2 aromatic carbocycles. The van der Waals surface area contributed by atoms with Gasteiger partial charge in [0.1, 0.15) is 0 Å². The van der Waals surface area contributed by atoms with Crippen molar-refractivity contribution in [3.63, 3.8) is 0 Å². The molecule has 0 aromatic heterocycles. The van der Waals surface area contributed by atoms with Crippen molar-refractivity contribution in [3.05, 3.63) is 64.1 Å². The molecule has 1 fully saturated rings. The van der Waals surface area contributed by atoms with Crippen LogP contribution >= 0.6 is 15.9 Å². The number of ether oxygens (including phenoxy) is 1. The number of hydrogen-bond donors (Lipinski definition) is 1. The lowest BCUT2D eigenvalue weighted by molar-refractivity contribution is -0.121. The highest BCUT2D eigenvalue weighted by Gasteiger charge is 2.33. The maximum absolute atomic E-state index is 13.5. The quantitative estimate of drug-likeness (QED) is 0.326. The van der Waals surface area contributed by atoms with Gasteiger partial charge in [-0.2, -0.15) is 0 Å². The Kier molecular flexibility index (Phi) is 8.75. The summed E-state index contributed by atoms with van der Waals surface area (Å²) < 4.78 is 5.80. The van der Waals surface area contributed by atoms with Crippen LogP contribution in [0.3, 0.4) is 0 Å². The zero-order valence-corrected chi connectivity index (χ0v) is 21.8. The maximum atomic E-state index is 13.5. The third-order valence-corrected chi connectivity index (χ3v) is 7.62. The third kappa shape index (κ3) is 7.17. The van der Waals surface area contributed by atoms with E-state index in [0.29, 0.717) is 29.2 Å². The molecule has 5 heteroatoms. The van der Waals surface area contributed by atoms with E-state index in [1.54, 1.807) is 12.1 Å². The van der Waals surface area contributed by atoms with Crippen molar-refractivity contribution < 1.29 is 14.3 Å². The van der Waals surface area contributed by atoms with Gasteiger partial charge in [0.25, 0.3) is 0 Å². The molecule has 0 heterocycles. The summed E-state index contributed by atoms with van der Waals surface area (Å²) >= 11 is 3.45. The van der Waals surface area contributed by atoms with Crippen LogP contribution in [0.5, 0.6) is 0 Å². The molecular formula is C28H36BrNO3. The van der Waals surface area contributed by atoms with Gasteiger partial charge in [-0.1, -0.05) is 55.3 Å². The van der Waals surface area contributed by atoms with Crippen molar-refractivity contribution in [2.45, 2.75) is 59.3 Å². The zero-order valence-electron chi connectivity index (χ0n) is 20.2. The SMILES string of the molecule is COC(=O)c1ccc(CC(C(=O)Nc2ccc(Br)cc2)C2CCCC(C(C)(C)C)CC2)cc1. The number of anilines is 1. The monoisotopic (exact) mass is 513 g/mol. The van der Waals surface area contributed by atoms with Gasteiger partial charge in [-0.15, -0.1) is 0 Å². The van der Waals surface area contributed by atoms with Gasteiger partial charge >= 0.3 is 5.97 Å². The number of hydrogen-bond acceptors (Lipinski definition) is 3. The number of amides is 1. The largest absolute Gasteiger partial charge is 0.465 e. The Hall–Kier alpha value is -2.14. The second kappa shape index (κ2) is 11.3. The molecule has 2 aromatic rings. The van der Waals surface area contributed by atoms with E-state index in [4.69, 9.17) is 4.74 Å². The highest BCUT2D eigenvalue weighted by atomic mass is 79.9. The fraction of sp³-hybridized carbons (Fsp3) is 0.500. The molecule has 1 N–H and O–H groups in total. The molecule has 178 valence electrons. The molecule has 0 radical (unpaired) electrons. The van der Waals surface area contributed by atoms with Crippen molar-refractivity contribution in [1.82, 2.24) is 0 Å². The van der Waals surface area contributed by atoms with Gasteiger partial charge in [-0.25, -0.2) is 4.79 Å². The van der Waals surface area contributed by atoms with Crippen molar-refractivity contribution in [1.29, 1.82) is 0 Å². The van der Waals surface area contributed by atoms with Gasteiger partial charge < -0.3 is 10.1 Å². The number of benzene rings is 2. The summed E-state index contributed by atoms with van der Waals surface area (Å²) in [5.41, 5.74) is 2.71. The van der Waals surface area contributed by atoms with Crippen LogP contribution in [0.4, 0.5) is 5.69 Å². The van der Waals surface area contributed by atoms with Gasteiger partial charge in [-0.3, -0.25) is 4.79 Å². The standard InChI is InChI=1S/C28H36BrNO3/c1-28(2,3)22-7-5-6-20(12-13-22)25(26(31)30-24-16-14-23(29)15-17-24)18-19-8-10-21(11-9-19)27(32)33-4/h8-11,14-17,20,22,25H,5-7,12-13,18H2,1-4H3,(H,30,31). The van der Waals surface area contributed by atoms with E-state index in [0.717, 1.165) is 41.4 Å². The summed E-state index contributed by atoms with van der Waals surface area (Å²) in [7, 11) is 1.38. The number of carbonyl (C=O) groups is 2. The zero-order chi connectivity index (χ0) is 24.0. The number of halogens is 1. The summed E-state index contributed by atoms with van der Waals surface area (Å²) in [6.45, 7) is 7.00. The van der Waals surface area contributed by atoms with Crippen LogP contribution in [0.15, 0.2) is 53.0 Å². The van der Waals surface area contributed by atoms with Crippen LogP contribution in [-0.4, -0.2) is 19.0 Å². The molecule has 3 atom stereocenters. The lowest BCUT2D eigenvalue weighted by Gasteiger charge is -2.30. The van der Waals surface area contributed by atoms with Crippen LogP contribution < -0.4 is 5.32 Å². The maximum Gasteiger partial charge on any atom is 0.337 e. The van der Waals surface area contributed by atoms with Gasteiger partial charge in [0.2, 0.25) is 5.91 Å². The van der Waals surface area contributed by atoms with Crippen molar-refractivity contribution in [2.75, 3.05) is 12.4 Å². The molecule has 33 heavy (non-hydrogen) atoms. The minimum atomic E-state index is -0.344. The lowest BCUT2D eigenvalue weighted by Crippen LogP contribution is -2.31. The molecule has 1 amide bonds. The van der Waals surface area contributed by atoms with Gasteiger partial charge in [-0.05, 0) is 91.3 Å². The lowest BCUT2D eigenvalue weighted by atomic mass is 9.75. The average Bonchev–Trinajstić information content (AvgIpc) is 3.05. The van der Waals surface area contributed by atoms with Crippen molar-refractivity contribution >= 4 is 33.5 Å². The normalized spacial score (nSPS) is 19.9. The van der Waals surface area contributed by atoms with Gasteiger partial charge in [0.05, 0.1) is 12.7 Å². The Morgan fingerprint density at radius 1 is 1.00 bits per heavy atom. The van der Waals surface area contributed by atoms with E-state index < -0.39 is 0 Å². The molecule has 0 bridgehead atoms.